The second-order valence-electron chi connectivity index (χ2n) is 6.22. The normalized spacial score (nSPS) is 15.1. The van der Waals surface area contributed by atoms with Crippen molar-refractivity contribution in [2.75, 3.05) is 39.8 Å². The molecule has 0 aliphatic carbocycles. The molecule has 3 rings (SSSR count). The van der Waals surface area contributed by atoms with Crippen LogP contribution in [0.15, 0.2) is 29.4 Å². The molecular weight excluding hydrogens is 465 g/mol. The van der Waals surface area contributed by atoms with Crippen molar-refractivity contribution in [1.29, 1.82) is 0 Å². The van der Waals surface area contributed by atoms with E-state index in [1.807, 2.05) is 29.3 Å². The van der Waals surface area contributed by atoms with Gasteiger partial charge in [0, 0.05) is 68.8 Å². The monoisotopic (exact) mass is 489 g/mol. The van der Waals surface area contributed by atoms with E-state index in [2.05, 4.69) is 20.2 Å². The average molecular weight is 490 g/mol. The molecule has 0 unspecified atom stereocenters. The molecule has 0 bridgehead atoms. The van der Waals surface area contributed by atoms with Crippen molar-refractivity contribution in [2.45, 2.75) is 13.3 Å². The van der Waals surface area contributed by atoms with Gasteiger partial charge >= 0.3 is 0 Å². The van der Waals surface area contributed by atoms with Gasteiger partial charge in [-0.1, -0.05) is 11.6 Å². The Bertz CT molecular complexity index is 783. The van der Waals surface area contributed by atoms with E-state index in [1.54, 1.807) is 14.0 Å². The number of hydrogen-bond acceptors (Lipinski definition) is 2. The molecule has 8 heteroatoms. The molecule has 1 amide bonds. The van der Waals surface area contributed by atoms with Crippen LogP contribution in [0.3, 0.4) is 0 Å². The quantitative estimate of drug-likeness (QED) is 0.396. The van der Waals surface area contributed by atoms with Gasteiger partial charge in [0.05, 0.1) is 0 Å². The highest BCUT2D eigenvalue weighted by atomic mass is 127. The molecule has 0 spiro atoms. The van der Waals surface area contributed by atoms with Gasteiger partial charge in [-0.3, -0.25) is 9.79 Å². The van der Waals surface area contributed by atoms with E-state index in [4.69, 9.17) is 11.6 Å². The molecule has 2 N–H and O–H groups in total. The number of carbonyl (C=O) groups is 1. The van der Waals surface area contributed by atoms with Crippen LogP contribution in [0.25, 0.3) is 10.9 Å². The van der Waals surface area contributed by atoms with Crippen LogP contribution in [0.1, 0.15) is 12.5 Å². The number of benzene rings is 1. The molecular formula is C18H25ClIN5O. The van der Waals surface area contributed by atoms with Gasteiger partial charge in [0.2, 0.25) is 5.91 Å². The summed E-state index contributed by atoms with van der Waals surface area (Å²) in [7, 11) is 1.80. The minimum atomic E-state index is 0. The maximum Gasteiger partial charge on any atom is 0.219 e. The summed E-state index contributed by atoms with van der Waals surface area (Å²) in [5, 5.41) is 5.34. The highest BCUT2D eigenvalue weighted by molar-refractivity contribution is 14.0. The molecule has 0 saturated carbocycles. The molecule has 1 aromatic carbocycles. The molecule has 0 radical (unpaired) electrons. The summed E-state index contributed by atoms with van der Waals surface area (Å²) in [4.78, 5) is 23.2. The van der Waals surface area contributed by atoms with E-state index in [9.17, 15) is 4.79 Å². The lowest BCUT2D eigenvalue weighted by molar-refractivity contribution is -0.130. The molecule has 1 aliphatic rings. The van der Waals surface area contributed by atoms with Crippen LogP contribution < -0.4 is 5.32 Å². The van der Waals surface area contributed by atoms with Crippen LogP contribution in [0.2, 0.25) is 5.02 Å². The predicted octanol–water partition coefficient (Wildman–Crippen LogP) is 2.72. The number of guanidine groups is 1. The number of H-pyrrole nitrogens is 1. The van der Waals surface area contributed by atoms with Crippen LogP contribution in [0.4, 0.5) is 0 Å². The van der Waals surface area contributed by atoms with Gasteiger partial charge < -0.3 is 20.1 Å². The van der Waals surface area contributed by atoms with Gasteiger partial charge in [-0.05, 0) is 30.2 Å². The molecule has 142 valence electrons. The number of fused-ring (bicyclic) bond motifs is 1. The third-order valence-electron chi connectivity index (χ3n) is 4.64. The van der Waals surface area contributed by atoms with Gasteiger partial charge in [-0.25, -0.2) is 0 Å². The van der Waals surface area contributed by atoms with E-state index in [-0.39, 0.29) is 29.9 Å². The number of aliphatic imine (C=N–C) groups is 1. The van der Waals surface area contributed by atoms with Crippen molar-refractivity contribution in [3.05, 3.63) is 35.0 Å². The fourth-order valence-corrected chi connectivity index (χ4v) is 3.40. The molecule has 1 aliphatic heterocycles. The molecule has 1 aromatic heterocycles. The SMILES string of the molecule is CN=C(NCCc1c[nH]c2ccc(Cl)cc12)N1CCN(C(C)=O)CC1.I. The fraction of sp³-hybridized carbons (Fsp3) is 0.444. The van der Waals surface area contributed by atoms with Crippen LogP contribution in [-0.4, -0.2) is 66.4 Å². The predicted molar refractivity (Wildman–Crippen MR) is 118 cm³/mol. The van der Waals surface area contributed by atoms with Crippen molar-refractivity contribution < 1.29 is 4.79 Å². The van der Waals surface area contributed by atoms with E-state index in [0.29, 0.717) is 0 Å². The highest BCUT2D eigenvalue weighted by Gasteiger charge is 2.20. The van der Waals surface area contributed by atoms with Gasteiger partial charge in [0.1, 0.15) is 0 Å². The van der Waals surface area contributed by atoms with Gasteiger partial charge in [0.15, 0.2) is 5.96 Å². The Balaban J connectivity index is 0.00000243. The van der Waals surface area contributed by atoms with E-state index in [1.165, 1.54) is 10.9 Å². The zero-order valence-electron chi connectivity index (χ0n) is 15.1. The average Bonchev–Trinajstić information content (AvgIpc) is 3.01. The number of aromatic nitrogens is 1. The van der Waals surface area contributed by atoms with Crippen molar-refractivity contribution in [3.63, 3.8) is 0 Å². The number of nitrogens with zero attached hydrogens (tertiary/aromatic N) is 3. The molecule has 0 atom stereocenters. The first kappa shape index (κ1) is 20.8. The number of amides is 1. The van der Waals surface area contributed by atoms with Crippen LogP contribution >= 0.6 is 35.6 Å². The lowest BCUT2D eigenvalue weighted by Crippen LogP contribution is -2.53. The van der Waals surface area contributed by atoms with Crippen molar-refractivity contribution in [2.24, 2.45) is 4.99 Å². The summed E-state index contributed by atoms with van der Waals surface area (Å²) in [6.07, 6.45) is 2.92. The minimum absolute atomic E-state index is 0. The minimum Gasteiger partial charge on any atom is -0.361 e. The Hall–Kier alpha value is -1.48. The third-order valence-corrected chi connectivity index (χ3v) is 4.88. The molecule has 26 heavy (non-hydrogen) atoms. The zero-order valence-corrected chi connectivity index (χ0v) is 18.2. The van der Waals surface area contributed by atoms with Gasteiger partial charge in [-0.2, -0.15) is 0 Å². The van der Waals surface area contributed by atoms with E-state index in [0.717, 1.165) is 55.6 Å². The molecule has 1 saturated heterocycles. The second-order valence-corrected chi connectivity index (χ2v) is 6.66. The number of hydrogen-bond donors (Lipinski definition) is 2. The number of piperazine rings is 1. The van der Waals surface area contributed by atoms with Crippen molar-refractivity contribution in [1.82, 2.24) is 20.1 Å². The lowest BCUT2D eigenvalue weighted by atomic mass is 10.1. The van der Waals surface area contributed by atoms with Crippen LogP contribution in [0.5, 0.6) is 0 Å². The molecule has 6 nitrogen and oxygen atoms in total. The topological polar surface area (TPSA) is 63.7 Å². The summed E-state index contributed by atoms with van der Waals surface area (Å²) in [5.74, 6) is 1.03. The van der Waals surface area contributed by atoms with Gasteiger partial charge in [-0.15, -0.1) is 24.0 Å². The smallest absolute Gasteiger partial charge is 0.219 e. The second kappa shape index (κ2) is 9.45. The molecule has 1 fully saturated rings. The number of carbonyl (C=O) groups excluding carboxylic acids is 1. The summed E-state index contributed by atoms with van der Waals surface area (Å²) >= 11 is 6.11. The standard InChI is InChI=1S/C18H24ClN5O.HI/c1-13(25)23-7-9-24(10-8-23)18(20-2)21-6-5-14-12-22-17-4-3-15(19)11-16(14)17;/h3-4,11-12,22H,5-10H2,1-2H3,(H,20,21);1H. The number of rotatable bonds is 3. The van der Waals surface area contributed by atoms with Crippen molar-refractivity contribution in [3.8, 4) is 0 Å². The fourth-order valence-electron chi connectivity index (χ4n) is 3.23. The number of aromatic amines is 1. The largest absolute Gasteiger partial charge is 0.361 e. The maximum absolute atomic E-state index is 11.4. The Morgan fingerprint density at radius 2 is 1.96 bits per heavy atom. The highest BCUT2D eigenvalue weighted by Crippen LogP contribution is 2.22. The van der Waals surface area contributed by atoms with Crippen LogP contribution in [-0.2, 0) is 11.2 Å². The summed E-state index contributed by atoms with van der Waals surface area (Å²) in [5.41, 5.74) is 2.34. The maximum atomic E-state index is 11.4. The Morgan fingerprint density at radius 1 is 1.27 bits per heavy atom. The summed E-state index contributed by atoms with van der Waals surface area (Å²) in [6, 6.07) is 5.89. The number of nitrogens with one attached hydrogen (secondary N) is 2. The first-order chi connectivity index (χ1) is 12.1. The van der Waals surface area contributed by atoms with E-state index >= 15 is 0 Å². The molecule has 2 aromatic rings. The van der Waals surface area contributed by atoms with E-state index < -0.39 is 0 Å². The first-order valence-electron chi connectivity index (χ1n) is 8.55. The Kier molecular flexibility index (Phi) is 7.57. The third kappa shape index (κ3) is 4.82. The Labute approximate surface area is 176 Å². The van der Waals surface area contributed by atoms with Crippen molar-refractivity contribution >= 4 is 58.3 Å². The summed E-state index contributed by atoms with van der Waals surface area (Å²) < 4.78 is 0. The Morgan fingerprint density at radius 3 is 2.62 bits per heavy atom. The van der Waals surface area contributed by atoms with Crippen LogP contribution in [0, 0.1) is 0 Å². The van der Waals surface area contributed by atoms with Gasteiger partial charge in [0.25, 0.3) is 0 Å². The molecule has 2 heterocycles. The first-order valence-corrected chi connectivity index (χ1v) is 8.93. The zero-order chi connectivity index (χ0) is 17.8. The lowest BCUT2D eigenvalue weighted by Gasteiger charge is -2.36. The number of halogens is 2. The summed E-state index contributed by atoms with van der Waals surface area (Å²) in [6.45, 7) is 5.52.